The number of carbonyl (C=O) groups is 1. The first-order valence-electron chi connectivity index (χ1n) is 7.20. The molecule has 23 heavy (non-hydrogen) atoms. The smallest absolute Gasteiger partial charge is 0.305 e. The molecule has 0 spiro atoms. The molecule has 1 N–H and O–H groups in total. The van der Waals surface area contributed by atoms with Gasteiger partial charge in [-0.05, 0) is 43.4 Å². The maximum Gasteiger partial charge on any atom is 0.408 e. The maximum atomic E-state index is 12.3. The first-order valence-corrected chi connectivity index (χ1v) is 7.20. The number of aryl methyl sites for hydroxylation is 1. The zero-order valence-corrected chi connectivity index (χ0v) is 12.4. The maximum absolute atomic E-state index is 12.3. The monoisotopic (exact) mass is 324 g/mol. The third-order valence-electron chi connectivity index (χ3n) is 3.64. The number of alkyl halides is 3. The topological polar surface area (TPSA) is 59.8 Å². The van der Waals surface area contributed by atoms with Gasteiger partial charge in [0, 0.05) is 18.0 Å². The Labute approximate surface area is 130 Å². The minimum Gasteiger partial charge on any atom is -0.305 e. The van der Waals surface area contributed by atoms with Gasteiger partial charge in [-0.1, -0.05) is 0 Å². The number of pyridine rings is 1. The third-order valence-corrected chi connectivity index (χ3v) is 3.64. The Morgan fingerprint density at radius 2 is 2.13 bits per heavy atom. The number of hydrogen-bond acceptors (Lipinski definition) is 3. The van der Waals surface area contributed by atoms with E-state index >= 15 is 0 Å². The lowest BCUT2D eigenvalue weighted by Gasteiger charge is -2.11. The molecule has 0 unspecified atom stereocenters. The molecule has 0 aromatic carbocycles. The number of aromatic nitrogens is 3. The first-order chi connectivity index (χ1) is 10.8. The largest absolute Gasteiger partial charge is 0.408 e. The van der Waals surface area contributed by atoms with E-state index in [1.165, 1.54) is 6.07 Å². The van der Waals surface area contributed by atoms with Crippen molar-refractivity contribution >= 4 is 11.7 Å². The fourth-order valence-electron chi connectivity index (χ4n) is 2.48. The summed E-state index contributed by atoms with van der Waals surface area (Å²) in [4.78, 5) is 16.4. The van der Waals surface area contributed by atoms with Crippen LogP contribution in [-0.2, 0) is 6.54 Å². The van der Waals surface area contributed by atoms with Crippen molar-refractivity contribution in [2.45, 2.75) is 38.4 Å². The van der Waals surface area contributed by atoms with E-state index in [9.17, 15) is 18.0 Å². The van der Waals surface area contributed by atoms with Crippen LogP contribution in [0.15, 0.2) is 24.5 Å². The molecule has 1 aliphatic carbocycles. The molecule has 1 amide bonds. The summed E-state index contributed by atoms with van der Waals surface area (Å²) in [5.74, 6) is 0.288. The van der Waals surface area contributed by atoms with Crippen LogP contribution in [0.2, 0.25) is 0 Å². The number of hydrogen-bond donors (Lipinski definition) is 1. The SMILES string of the molecule is Cc1ccnc(NC(=O)c2ccn(CC(F)(F)F)n2)c1C1CC1. The third kappa shape index (κ3) is 3.69. The number of halogens is 3. The van der Waals surface area contributed by atoms with Gasteiger partial charge in [0.1, 0.15) is 12.4 Å². The van der Waals surface area contributed by atoms with Crippen LogP contribution in [0.1, 0.15) is 40.4 Å². The van der Waals surface area contributed by atoms with Crippen molar-refractivity contribution in [3.63, 3.8) is 0 Å². The molecule has 0 atom stereocenters. The van der Waals surface area contributed by atoms with Crippen LogP contribution < -0.4 is 5.32 Å². The minimum absolute atomic E-state index is 0.0701. The number of carbonyl (C=O) groups excluding carboxylic acids is 1. The van der Waals surface area contributed by atoms with Crippen LogP contribution in [0, 0.1) is 6.92 Å². The molecule has 8 heteroatoms. The van der Waals surface area contributed by atoms with E-state index in [2.05, 4.69) is 15.4 Å². The van der Waals surface area contributed by atoms with E-state index in [-0.39, 0.29) is 5.69 Å². The lowest BCUT2D eigenvalue weighted by atomic mass is 10.1. The van der Waals surface area contributed by atoms with Crippen molar-refractivity contribution in [2.75, 3.05) is 5.32 Å². The Hall–Kier alpha value is -2.38. The Balaban J connectivity index is 1.76. The summed E-state index contributed by atoms with van der Waals surface area (Å²) in [5, 5.41) is 6.32. The molecule has 1 aliphatic rings. The Morgan fingerprint density at radius 1 is 1.39 bits per heavy atom. The van der Waals surface area contributed by atoms with Crippen molar-refractivity contribution in [1.29, 1.82) is 0 Å². The van der Waals surface area contributed by atoms with Crippen molar-refractivity contribution in [2.24, 2.45) is 0 Å². The quantitative estimate of drug-likeness (QED) is 0.939. The Morgan fingerprint density at radius 3 is 2.78 bits per heavy atom. The number of nitrogens with zero attached hydrogens (tertiary/aromatic N) is 3. The van der Waals surface area contributed by atoms with Gasteiger partial charge in [0.2, 0.25) is 0 Å². The molecule has 1 saturated carbocycles. The number of rotatable bonds is 4. The lowest BCUT2D eigenvalue weighted by Crippen LogP contribution is -2.20. The van der Waals surface area contributed by atoms with E-state index in [0.29, 0.717) is 16.4 Å². The molecule has 122 valence electrons. The molecule has 5 nitrogen and oxygen atoms in total. The average Bonchev–Trinajstić information content (AvgIpc) is 3.16. The van der Waals surface area contributed by atoms with E-state index < -0.39 is 18.6 Å². The van der Waals surface area contributed by atoms with Gasteiger partial charge in [0.05, 0.1) is 0 Å². The molecule has 2 aromatic rings. The fourth-order valence-corrected chi connectivity index (χ4v) is 2.48. The Kier molecular flexibility index (Phi) is 3.83. The summed E-state index contributed by atoms with van der Waals surface area (Å²) in [6.45, 7) is 0.722. The van der Waals surface area contributed by atoms with Gasteiger partial charge in [0.25, 0.3) is 5.91 Å². The van der Waals surface area contributed by atoms with Crippen molar-refractivity contribution in [3.8, 4) is 0 Å². The van der Waals surface area contributed by atoms with Crippen LogP contribution in [0.5, 0.6) is 0 Å². The average molecular weight is 324 g/mol. The zero-order valence-electron chi connectivity index (χ0n) is 12.4. The molecule has 3 rings (SSSR count). The van der Waals surface area contributed by atoms with Gasteiger partial charge in [0.15, 0.2) is 5.69 Å². The second-order valence-electron chi connectivity index (χ2n) is 5.63. The number of amides is 1. The minimum atomic E-state index is -4.38. The van der Waals surface area contributed by atoms with Gasteiger partial charge in [-0.25, -0.2) is 4.98 Å². The normalized spacial score (nSPS) is 14.8. The standard InChI is InChI=1S/C15H15F3N4O/c1-9-4-6-19-13(12(9)10-2-3-10)20-14(23)11-5-7-22(21-11)8-15(16,17)18/h4-7,10H,2-3,8H2,1H3,(H,19,20,23). The highest BCUT2D eigenvalue weighted by Crippen LogP contribution is 2.44. The van der Waals surface area contributed by atoms with Crippen LogP contribution >= 0.6 is 0 Å². The highest BCUT2D eigenvalue weighted by molar-refractivity contribution is 6.02. The second kappa shape index (κ2) is 5.68. The molecular formula is C15H15F3N4O. The van der Waals surface area contributed by atoms with Crippen molar-refractivity contribution < 1.29 is 18.0 Å². The highest BCUT2D eigenvalue weighted by atomic mass is 19.4. The van der Waals surface area contributed by atoms with Crippen LogP contribution in [-0.4, -0.2) is 26.8 Å². The molecule has 1 fully saturated rings. The molecule has 2 aromatic heterocycles. The Bertz CT molecular complexity index is 735. The first kappa shape index (κ1) is 15.5. The van der Waals surface area contributed by atoms with E-state index in [4.69, 9.17) is 0 Å². The summed E-state index contributed by atoms with van der Waals surface area (Å²) in [5.41, 5.74) is 1.97. The van der Waals surface area contributed by atoms with Crippen molar-refractivity contribution in [3.05, 3.63) is 41.3 Å². The zero-order chi connectivity index (χ0) is 16.6. The van der Waals surface area contributed by atoms with Crippen LogP contribution in [0.25, 0.3) is 0 Å². The van der Waals surface area contributed by atoms with E-state index in [1.807, 2.05) is 13.0 Å². The van der Waals surface area contributed by atoms with Crippen LogP contribution in [0.3, 0.4) is 0 Å². The predicted octanol–water partition coefficient (Wildman–Crippen LogP) is 3.28. The van der Waals surface area contributed by atoms with Gasteiger partial charge in [-0.3, -0.25) is 9.48 Å². The van der Waals surface area contributed by atoms with Crippen LogP contribution in [0.4, 0.5) is 19.0 Å². The highest BCUT2D eigenvalue weighted by Gasteiger charge is 2.30. The summed E-state index contributed by atoms with van der Waals surface area (Å²) >= 11 is 0. The number of anilines is 1. The number of nitrogens with one attached hydrogen (secondary N) is 1. The van der Waals surface area contributed by atoms with Gasteiger partial charge < -0.3 is 5.32 Å². The summed E-state index contributed by atoms with van der Waals surface area (Å²) in [6.07, 6.45) is 0.454. The molecule has 0 radical (unpaired) electrons. The molecular weight excluding hydrogens is 309 g/mol. The van der Waals surface area contributed by atoms with Gasteiger partial charge in [-0.2, -0.15) is 18.3 Å². The molecule has 2 heterocycles. The van der Waals surface area contributed by atoms with E-state index in [0.717, 1.165) is 30.2 Å². The lowest BCUT2D eigenvalue weighted by molar-refractivity contribution is -0.142. The summed E-state index contributed by atoms with van der Waals surface area (Å²) in [6, 6.07) is 3.13. The molecule has 0 aliphatic heterocycles. The summed E-state index contributed by atoms with van der Waals surface area (Å²) < 4.78 is 37.7. The molecule has 0 saturated heterocycles. The predicted molar refractivity (Wildman–Crippen MR) is 77.2 cm³/mol. The van der Waals surface area contributed by atoms with Gasteiger partial charge in [-0.15, -0.1) is 0 Å². The van der Waals surface area contributed by atoms with Gasteiger partial charge >= 0.3 is 6.18 Å². The fraction of sp³-hybridized carbons (Fsp3) is 0.400. The second-order valence-corrected chi connectivity index (χ2v) is 5.63. The molecule has 0 bridgehead atoms. The van der Waals surface area contributed by atoms with E-state index in [1.54, 1.807) is 6.20 Å². The summed E-state index contributed by atoms with van der Waals surface area (Å²) in [7, 11) is 0. The van der Waals surface area contributed by atoms with Crippen molar-refractivity contribution in [1.82, 2.24) is 14.8 Å².